The van der Waals surface area contributed by atoms with Crippen LogP contribution in [0.25, 0.3) is 0 Å². The Hall–Kier alpha value is -2.15. The van der Waals surface area contributed by atoms with Crippen LogP contribution in [0.2, 0.25) is 0 Å². The van der Waals surface area contributed by atoms with E-state index in [9.17, 15) is 9.59 Å². The van der Waals surface area contributed by atoms with Crippen LogP contribution < -0.4 is 5.32 Å². The van der Waals surface area contributed by atoms with E-state index in [1.54, 1.807) is 0 Å². The zero-order valence-electron chi connectivity index (χ0n) is 16.7. The smallest absolute Gasteiger partial charge is 0.303 e. The molecule has 3 fully saturated rings. The molecule has 4 unspecified atom stereocenters. The fourth-order valence-corrected chi connectivity index (χ4v) is 5.05. The summed E-state index contributed by atoms with van der Waals surface area (Å²) in [5.74, 6) is -0.0394. The Kier molecular flexibility index (Phi) is 6.33. The molecule has 4 atom stereocenters. The number of carbonyl (C=O) groups is 2. The van der Waals surface area contributed by atoms with E-state index < -0.39 is 5.97 Å². The van der Waals surface area contributed by atoms with E-state index in [1.165, 1.54) is 25.5 Å². The SMILES string of the molecule is O=C(O)CC/C=C\CC1C2CCC(O2)C1c1nc(C(=O)NC2CCCCC2)co1. The van der Waals surface area contributed by atoms with E-state index in [-0.39, 0.29) is 42.4 Å². The molecule has 1 aromatic heterocycles. The van der Waals surface area contributed by atoms with E-state index in [1.807, 2.05) is 12.2 Å². The highest BCUT2D eigenvalue weighted by molar-refractivity contribution is 5.92. The second-order valence-corrected chi connectivity index (χ2v) is 8.50. The number of rotatable bonds is 8. The van der Waals surface area contributed by atoms with Crippen LogP contribution in [0.5, 0.6) is 0 Å². The summed E-state index contributed by atoms with van der Waals surface area (Å²) in [5.41, 5.74) is 0.351. The lowest BCUT2D eigenvalue weighted by molar-refractivity contribution is -0.136. The molecule has 2 bridgehead atoms. The zero-order chi connectivity index (χ0) is 20.2. The van der Waals surface area contributed by atoms with Crippen LogP contribution in [-0.2, 0) is 9.53 Å². The van der Waals surface area contributed by atoms with Crippen LogP contribution in [0.3, 0.4) is 0 Å². The van der Waals surface area contributed by atoms with Crippen LogP contribution in [0.1, 0.15) is 86.5 Å². The number of nitrogens with zero attached hydrogens (tertiary/aromatic N) is 1. The molecule has 0 radical (unpaired) electrons. The van der Waals surface area contributed by atoms with Gasteiger partial charge in [-0.25, -0.2) is 4.98 Å². The molecule has 7 nitrogen and oxygen atoms in total. The summed E-state index contributed by atoms with van der Waals surface area (Å²) in [6.45, 7) is 0. The Morgan fingerprint density at radius 1 is 1.14 bits per heavy atom. The van der Waals surface area contributed by atoms with Crippen molar-refractivity contribution in [2.45, 2.75) is 88.4 Å². The molecule has 1 saturated carbocycles. The van der Waals surface area contributed by atoms with Crippen molar-refractivity contribution < 1.29 is 23.8 Å². The number of carbonyl (C=O) groups excluding carboxylic acids is 1. The van der Waals surface area contributed by atoms with Gasteiger partial charge in [-0.1, -0.05) is 31.4 Å². The monoisotopic (exact) mass is 402 g/mol. The number of hydrogen-bond donors (Lipinski definition) is 2. The predicted molar refractivity (Wildman–Crippen MR) is 106 cm³/mol. The highest BCUT2D eigenvalue weighted by Gasteiger charge is 2.51. The molecule has 3 aliphatic rings. The molecule has 1 amide bonds. The maximum atomic E-state index is 12.6. The van der Waals surface area contributed by atoms with Gasteiger partial charge in [-0.3, -0.25) is 9.59 Å². The lowest BCUT2D eigenvalue weighted by Crippen LogP contribution is -2.36. The largest absolute Gasteiger partial charge is 0.481 e. The van der Waals surface area contributed by atoms with Crippen molar-refractivity contribution in [3.8, 4) is 0 Å². The van der Waals surface area contributed by atoms with E-state index in [0.29, 0.717) is 18.0 Å². The van der Waals surface area contributed by atoms with Gasteiger partial charge in [-0.2, -0.15) is 0 Å². The molecule has 29 heavy (non-hydrogen) atoms. The van der Waals surface area contributed by atoms with Crippen LogP contribution in [-0.4, -0.2) is 40.2 Å². The van der Waals surface area contributed by atoms with E-state index >= 15 is 0 Å². The van der Waals surface area contributed by atoms with Gasteiger partial charge in [0.2, 0.25) is 5.89 Å². The van der Waals surface area contributed by atoms with Crippen molar-refractivity contribution in [1.82, 2.24) is 10.3 Å². The summed E-state index contributed by atoms with van der Waals surface area (Å²) in [4.78, 5) is 27.7. The molecule has 1 aliphatic carbocycles. The first-order valence-electron chi connectivity index (χ1n) is 10.9. The molecule has 2 aliphatic heterocycles. The Bertz CT molecular complexity index is 752. The van der Waals surface area contributed by atoms with Gasteiger partial charge in [-0.05, 0) is 38.5 Å². The number of hydrogen-bond acceptors (Lipinski definition) is 5. The first-order valence-corrected chi connectivity index (χ1v) is 10.9. The van der Waals surface area contributed by atoms with Gasteiger partial charge in [0.05, 0.1) is 18.1 Å². The molecule has 158 valence electrons. The van der Waals surface area contributed by atoms with Crippen molar-refractivity contribution >= 4 is 11.9 Å². The maximum Gasteiger partial charge on any atom is 0.303 e. The third kappa shape index (κ3) is 4.71. The topological polar surface area (TPSA) is 102 Å². The number of carboxylic acids is 1. The van der Waals surface area contributed by atoms with Gasteiger partial charge in [0.25, 0.3) is 5.91 Å². The number of oxazole rings is 1. The minimum atomic E-state index is -0.783. The number of aliphatic carboxylic acids is 1. The molecule has 1 aromatic rings. The van der Waals surface area contributed by atoms with Crippen molar-refractivity contribution in [2.75, 3.05) is 0 Å². The maximum absolute atomic E-state index is 12.6. The van der Waals surface area contributed by atoms with Crippen LogP contribution in [0.4, 0.5) is 0 Å². The molecule has 0 aromatic carbocycles. The fraction of sp³-hybridized carbons (Fsp3) is 0.682. The van der Waals surface area contributed by atoms with Crippen molar-refractivity contribution in [1.29, 1.82) is 0 Å². The molecular weight excluding hydrogens is 372 g/mol. The Morgan fingerprint density at radius 2 is 1.93 bits per heavy atom. The Balaban J connectivity index is 1.38. The lowest BCUT2D eigenvalue weighted by Gasteiger charge is -2.24. The van der Waals surface area contributed by atoms with Crippen LogP contribution >= 0.6 is 0 Å². The second-order valence-electron chi connectivity index (χ2n) is 8.50. The van der Waals surface area contributed by atoms with Gasteiger partial charge in [0.1, 0.15) is 6.26 Å². The first-order chi connectivity index (χ1) is 14.1. The standard InChI is InChI=1S/C22H30N2O5/c25-19(26)10-6-2-5-9-15-17-11-12-18(29-17)20(15)22-24-16(13-28-22)21(27)23-14-7-3-1-4-8-14/h2,5,13-15,17-18,20H,1,3-4,6-12H2,(H,23,27)(H,25,26)/b5-2-. The third-order valence-electron chi connectivity index (χ3n) is 6.50. The van der Waals surface area contributed by atoms with Crippen molar-refractivity contribution in [2.24, 2.45) is 5.92 Å². The number of amides is 1. The molecule has 0 spiro atoms. The zero-order valence-corrected chi connectivity index (χ0v) is 16.7. The van der Waals surface area contributed by atoms with Crippen molar-refractivity contribution in [3.05, 3.63) is 30.0 Å². The minimum Gasteiger partial charge on any atom is -0.481 e. The lowest BCUT2D eigenvalue weighted by atomic mass is 9.77. The summed E-state index contributed by atoms with van der Waals surface area (Å²) in [5, 5.41) is 11.8. The van der Waals surface area contributed by atoms with Gasteiger partial charge in [0, 0.05) is 18.4 Å². The number of fused-ring (bicyclic) bond motifs is 2. The number of ether oxygens (including phenoxy) is 1. The van der Waals surface area contributed by atoms with Crippen molar-refractivity contribution in [3.63, 3.8) is 0 Å². The number of nitrogens with one attached hydrogen (secondary N) is 1. The number of aromatic nitrogens is 1. The fourth-order valence-electron chi connectivity index (χ4n) is 5.05. The molecule has 2 N–H and O–H groups in total. The highest BCUT2D eigenvalue weighted by Crippen LogP contribution is 2.50. The average Bonchev–Trinajstić information content (AvgIpc) is 3.44. The van der Waals surface area contributed by atoms with Gasteiger partial charge >= 0.3 is 5.97 Å². The van der Waals surface area contributed by atoms with Crippen LogP contribution in [0, 0.1) is 5.92 Å². The molecule has 7 heteroatoms. The summed E-state index contributed by atoms with van der Waals surface area (Å²) < 4.78 is 11.9. The normalized spacial score (nSPS) is 29.5. The van der Waals surface area contributed by atoms with Gasteiger partial charge < -0.3 is 19.6 Å². The quantitative estimate of drug-likeness (QED) is 0.641. The van der Waals surface area contributed by atoms with Crippen LogP contribution in [0.15, 0.2) is 22.8 Å². The summed E-state index contributed by atoms with van der Waals surface area (Å²) in [6.07, 6.45) is 14.9. The number of allylic oxidation sites excluding steroid dienone is 2. The van der Waals surface area contributed by atoms with E-state index in [2.05, 4.69) is 10.3 Å². The molecule has 3 heterocycles. The van der Waals surface area contributed by atoms with Gasteiger partial charge in [-0.15, -0.1) is 0 Å². The third-order valence-corrected chi connectivity index (χ3v) is 6.50. The number of carboxylic acid groups (broad SMARTS) is 1. The predicted octanol–water partition coefficient (Wildman–Crippen LogP) is 3.81. The Morgan fingerprint density at radius 3 is 2.72 bits per heavy atom. The molecule has 4 rings (SSSR count). The summed E-state index contributed by atoms with van der Waals surface area (Å²) >= 11 is 0. The van der Waals surface area contributed by atoms with E-state index in [0.717, 1.165) is 32.1 Å². The average molecular weight is 402 g/mol. The Labute approximate surface area is 170 Å². The minimum absolute atomic E-state index is 0.0501. The molecular formula is C22H30N2O5. The summed E-state index contributed by atoms with van der Waals surface area (Å²) in [7, 11) is 0. The summed E-state index contributed by atoms with van der Waals surface area (Å²) in [6, 6.07) is 0.242. The second kappa shape index (κ2) is 9.11. The molecule has 2 saturated heterocycles. The van der Waals surface area contributed by atoms with Gasteiger partial charge in [0.15, 0.2) is 5.69 Å². The highest BCUT2D eigenvalue weighted by atomic mass is 16.5. The van der Waals surface area contributed by atoms with E-state index in [4.69, 9.17) is 14.3 Å². The first kappa shape index (κ1) is 20.1.